The maximum absolute atomic E-state index is 12.8. The summed E-state index contributed by atoms with van der Waals surface area (Å²) >= 11 is 3.47. The number of hydrogen-bond acceptors (Lipinski definition) is 1. The minimum absolute atomic E-state index is 0.124. The first-order chi connectivity index (χ1) is 10.2. The fourth-order valence-electron chi connectivity index (χ4n) is 2.95. The van der Waals surface area contributed by atoms with Crippen LogP contribution in [-0.2, 0) is 19.5 Å². The molecule has 110 valence electrons. The van der Waals surface area contributed by atoms with Gasteiger partial charge in [-0.15, -0.1) is 0 Å². The molecule has 1 amide bonds. The lowest BCUT2D eigenvalue weighted by molar-refractivity contribution is 0.0735. The predicted octanol–water partition coefficient (Wildman–Crippen LogP) is 3.86. The molecular formula is C17H19BrN2O. The van der Waals surface area contributed by atoms with Gasteiger partial charge in [-0.05, 0) is 52.9 Å². The quantitative estimate of drug-likeness (QED) is 0.810. The Hall–Kier alpha value is -1.55. The number of amides is 1. The molecule has 2 heterocycles. The molecule has 3 rings (SSSR count). The number of rotatable bonds is 2. The van der Waals surface area contributed by atoms with E-state index in [1.54, 1.807) is 0 Å². The topological polar surface area (TPSA) is 25.2 Å². The molecule has 2 aromatic rings. The maximum atomic E-state index is 12.8. The van der Waals surface area contributed by atoms with Crippen molar-refractivity contribution in [3.8, 4) is 0 Å². The minimum Gasteiger partial charge on any atom is -0.343 e. The van der Waals surface area contributed by atoms with Gasteiger partial charge in [0.05, 0.1) is 0 Å². The van der Waals surface area contributed by atoms with Crippen molar-refractivity contribution < 1.29 is 4.79 Å². The van der Waals surface area contributed by atoms with Gasteiger partial charge in [0, 0.05) is 30.3 Å². The molecule has 0 radical (unpaired) electrons. The third kappa shape index (κ3) is 2.91. The molecular weight excluding hydrogens is 328 g/mol. The molecule has 1 aliphatic rings. The molecule has 1 aromatic carbocycles. The van der Waals surface area contributed by atoms with Crippen LogP contribution in [0.5, 0.6) is 0 Å². The highest BCUT2D eigenvalue weighted by Gasteiger charge is 2.22. The van der Waals surface area contributed by atoms with E-state index in [0.29, 0.717) is 6.54 Å². The van der Waals surface area contributed by atoms with Crippen LogP contribution in [0.25, 0.3) is 0 Å². The number of benzene rings is 1. The molecule has 0 N–H and O–H groups in total. The van der Waals surface area contributed by atoms with E-state index in [9.17, 15) is 4.79 Å². The van der Waals surface area contributed by atoms with Crippen molar-refractivity contribution in [1.29, 1.82) is 0 Å². The number of aryl methyl sites for hydroxylation is 2. The Labute approximate surface area is 133 Å². The number of aromatic nitrogens is 1. The molecule has 0 aliphatic carbocycles. The van der Waals surface area contributed by atoms with E-state index in [1.807, 2.05) is 21.7 Å². The predicted molar refractivity (Wildman–Crippen MR) is 87.3 cm³/mol. The number of nitrogens with zero attached hydrogens (tertiary/aromatic N) is 2. The normalized spacial score (nSPS) is 14.7. The average molecular weight is 347 g/mol. The fourth-order valence-corrected chi connectivity index (χ4v) is 3.42. The summed E-state index contributed by atoms with van der Waals surface area (Å²) in [6.45, 7) is 4.39. The fraction of sp³-hybridized carbons (Fsp3) is 0.353. The van der Waals surface area contributed by atoms with Gasteiger partial charge in [-0.2, -0.15) is 0 Å². The van der Waals surface area contributed by atoms with Crippen molar-refractivity contribution in [2.24, 2.45) is 0 Å². The van der Waals surface area contributed by atoms with E-state index in [4.69, 9.17) is 0 Å². The lowest BCUT2D eigenvalue weighted by atomic mass is 10.0. The van der Waals surface area contributed by atoms with Crippen molar-refractivity contribution in [2.45, 2.75) is 32.9 Å². The molecule has 4 heteroatoms. The highest BCUT2D eigenvalue weighted by molar-refractivity contribution is 9.10. The van der Waals surface area contributed by atoms with E-state index >= 15 is 0 Å². The zero-order chi connectivity index (χ0) is 14.8. The van der Waals surface area contributed by atoms with Crippen molar-refractivity contribution in [3.63, 3.8) is 0 Å². The Bertz CT molecular complexity index is 663. The monoisotopic (exact) mass is 346 g/mol. The Balaban J connectivity index is 1.88. The number of carbonyl (C=O) groups is 1. The van der Waals surface area contributed by atoms with Gasteiger partial charge < -0.3 is 9.47 Å². The van der Waals surface area contributed by atoms with Gasteiger partial charge in [0.25, 0.3) is 5.91 Å². The molecule has 1 aromatic heterocycles. The highest BCUT2D eigenvalue weighted by Crippen LogP contribution is 2.22. The number of carbonyl (C=O) groups excluding carboxylic acids is 1. The van der Waals surface area contributed by atoms with Crippen molar-refractivity contribution in [2.75, 3.05) is 6.54 Å². The van der Waals surface area contributed by atoms with E-state index in [0.717, 1.165) is 36.1 Å². The van der Waals surface area contributed by atoms with Crippen LogP contribution < -0.4 is 0 Å². The third-order valence-electron chi connectivity index (χ3n) is 4.06. The van der Waals surface area contributed by atoms with Gasteiger partial charge in [-0.1, -0.05) is 24.3 Å². The number of hydrogen-bond donors (Lipinski definition) is 0. The Morgan fingerprint density at radius 1 is 1.29 bits per heavy atom. The molecule has 0 fully saturated rings. The molecule has 0 atom stereocenters. The smallest absolute Gasteiger partial charge is 0.270 e. The van der Waals surface area contributed by atoms with Crippen molar-refractivity contribution >= 4 is 21.8 Å². The first kappa shape index (κ1) is 14.4. The van der Waals surface area contributed by atoms with Gasteiger partial charge in [0.15, 0.2) is 0 Å². The van der Waals surface area contributed by atoms with Crippen LogP contribution in [0.15, 0.2) is 41.0 Å². The van der Waals surface area contributed by atoms with E-state index < -0.39 is 0 Å². The Kier molecular flexibility index (Phi) is 4.15. The summed E-state index contributed by atoms with van der Waals surface area (Å²) < 4.78 is 2.96. The minimum atomic E-state index is 0.124. The lowest BCUT2D eigenvalue weighted by Gasteiger charge is -2.21. The van der Waals surface area contributed by atoms with Crippen LogP contribution in [0.3, 0.4) is 0 Å². The second kappa shape index (κ2) is 6.06. The van der Waals surface area contributed by atoms with E-state index in [1.165, 1.54) is 11.1 Å². The third-order valence-corrected chi connectivity index (χ3v) is 4.50. The molecule has 1 aliphatic heterocycles. The van der Waals surface area contributed by atoms with Gasteiger partial charge >= 0.3 is 0 Å². The average Bonchev–Trinajstić information content (AvgIpc) is 2.74. The summed E-state index contributed by atoms with van der Waals surface area (Å²) in [7, 11) is 0. The summed E-state index contributed by atoms with van der Waals surface area (Å²) in [4.78, 5) is 14.8. The van der Waals surface area contributed by atoms with Gasteiger partial charge in [-0.25, -0.2) is 0 Å². The standard InChI is InChI=1S/C17H19BrN2O/c1-2-19-12-15(18)10-16(19)17(21)20-9-5-8-13-6-3-4-7-14(13)11-20/h3-4,6-7,10,12H,2,5,8-9,11H2,1H3. The maximum Gasteiger partial charge on any atom is 0.270 e. The summed E-state index contributed by atoms with van der Waals surface area (Å²) in [6, 6.07) is 10.4. The van der Waals surface area contributed by atoms with Crippen LogP contribution in [-0.4, -0.2) is 21.9 Å². The second-order valence-corrected chi connectivity index (χ2v) is 6.34. The summed E-state index contributed by atoms with van der Waals surface area (Å²) in [6.07, 6.45) is 4.05. The molecule has 0 unspecified atom stereocenters. The summed E-state index contributed by atoms with van der Waals surface area (Å²) in [5, 5.41) is 0. The summed E-state index contributed by atoms with van der Waals surface area (Å²) in [5.74, 6) is 0.124. The first-order valence-corrected chi connectivity index (χ1v) is 8.20. The van der Waals surface area contributed by atoms with Gasteiger partial charge in [0.1, 0.15) is 5.69 Å². The van der Waals surface area contributed by atoms with Crippen LogP contribution in [0.4, 0.5) is 0 Å². The van der Waals surface area contributed by atoms with Crippen LogP contribution in [0.1, 0.15) is 35.0 Å². The molecule has 3 nitrogen and oxygen atoms in total. The number of halogens is 1. The Morgan fingerprint density at radius 2 is 2.05 bits per heavy atom. The first-order valence-electron chi connectivity index (χ1n) is 7.40. The Morgan fingerprint density at radius 3 is 2.81 bits per heavy atom. The lowest BCUT2D eigenvalue weighted by Crippen LogP contribution is -2.32. The van der Waals surface area contributed by atoms with Crippen LogP contribution >= 0.6 is 15.9 Å². The largest absolute Gasteiger partial charge is 0.343 e. The molecule has 0 spiro atoms. The van der Waals surface area contributed by atoms with Crippen molar-refractivity contribution in [1.82, 2.24) is 9.47 Å². The second-order valence-electron chi connectivity index (χ2n) is 5.43. The van der Waals surface area contributed by atoms with E-state index in [-0.39, 0.29) is 5.91 Å². The number of fused-ring (bicyclic) bond motifs is 1. The van der Waals surface area contributed by atoms with Gasteiger partial charge in [-0.3, -0.25) is 4.79 Å². The molecule has 0 saturated carbocycles. The van der Waals surface area contributed by atoms with E-state index in [2.05, 4.69) is 47.1 Å². The zero-order valence-corrected chi connectivity index (χ0v) is 13.8. The van der Waals surface area contributed by atoms with Gasteiger partial charge in [0.2, 0.25) is 0 Å². The molecule has 21 heavy (non-hydrogen) atoms. The zero-order valence-electron chi connectivity index (χ0n) is 12.2. The SMILES string of the molecule is CCn1cc(Br)cc1C(=O)N1CCCc2ccccc2C1. The molecule has 0 saturated heterocycles. The summed E-state index contributed by atoms with van der Waals surface area (Å²) in [5.41, 5.74) is 3.42. The van der Waals surface area contributed by atoms with Crippen LogP contribution in [0, 0.1) is 0 Å². The van der Waals surface area contributed by atoms with Crippen molar-refractivity contribution in [3.05, 3.63) is 57.8 Å². The van der Waals surface area contributed by atoms with Crippen LogP contribution in [0.2, 0.25) is 0 Å². The molecule has 0 bridgehead atoms. The highest BCUT2D eigenvalue weighted by atomic mass is 79.9.